The second-order valence-electron chi connectivity index (χ2n) is 4.52. The van der Waals surface area contributed by atoms with E-state index in [2.05, 4.69) is 22.1 Å². The van der Waals surface area contributed by atoms with Gasteiger partial charge in [0.25, 0.3) is 0 Å². The molecular formula is C13H21NS. The van der Waals surface area contributed by atoms with Gasteiger partial charge in [-0.05, 0) is 48.2 Å². The summed E-state index contributed by atoms with van der Waals surface area (Å²) in [5, 5.41) is 8.13. The summed E-state index contributed by atoms with van der Waals surface area (Å²) in [7, 11) is 0. The van der Waals surface area contributed by atoms with Gasteiger partial charge in [0.15, 0.2) is 0 Å². The molecule has 2 heteroatoms. The highest BCUT2D eigenvalue weighted by Gasteiger charge is 2.10. The summed E-state index contributed by atoms with van der Waals surface area (Å²) in [4.78, 5) is 0. The van der Waals surface area contributed by atoms with Crippen LogP contribution in [0.1, 0.15) is 44.1 Å². The number of thiophene rings is 1. The molecule has 1 aliphatic rings. The van der Waals surface area contributed by atoms with E-state index < -0.39 is 0 Å². The fourth-order valence-electron chi connectivity index (χ4n) is 2.34. The van der Waals surface area contributed by atoms with Gasteiger partial charge in [-0.3, -0.25) is 0 Å². The van der Waals surface area contributed by atoms with Crippen LogP contribution in [0.15, 0.2) is 16.8 Å². The zero-order valence-corrected chi connectivity index (χ0v) is 10.2. The van der Waals surface area contributed by atoms with Gasteiger partial charge in [-0.1, -0.05) is 25.7 Å². The van der Waals surface area contributed by atoms with E-state index >= 15 is 0 Å². The molecule has 1 N–H and O–H groups in total. The van der Waals surface area contributed by atoms with Gasteiger partial charge in [-0.25, -0.2) is 0 Å². The molecule has 1 aromatic rings. The maximum atomic E-state index is 3.70. The molecule has 2 rings (SSSR count). The lowest BCUT2D eigenvalue weighted by atomic mass is 10.1. The Bertz CT molecular complexity index is 248. The Morgan fingerprint density at radius 2 is 2.00 bits per heavy atom. The van der Waals surface area contributed by atoms with Gasteiger partial charge >= 0.3 is 0 Å². The van der Waals surface area contributed by atoms with E-state index in [0.717, 1.165) is 12.6 Å². The molecule has 1 heterocycles. The first-order valence-electron chi connectivity index (χ1n) is 6.19. The molecule has 1 aliphatic carbocycles. The van der Waals surface area contributed by atoms with E-state index in [1.54, 1.807) is 11.3 Å². The summed E-state index contributed by atoms with van der Waals surface area (Å²) in [5.74, 6) is 0. The molecule has 15 heavy (non-hydrogen) atoms. The van der Waals surface area contributed by atoms with E-state index in [-0.39, 0.29) is 0 Å². The maximum absolute atomic E-state index is 3.70. The van der Waals surface area contributed by atoms with Crippen molar-refractivity contribution in [2.75, 3.05) is 6.54 Å². The second kappa shape index (κ2) is 6.29. The first kappa shape index (κ1) is 11.2. The van der Waals surface area contributed by atoms with Crippen LogP contribution in [-0.4, -0.2) is 12.6 Å². The van der Waals surface area contributed by atoms with Crippen LogP contribution in [0.2, 0.25) is 0 Å². The third-order valence-electron chi connectivity index (χ3n) is 3.28. The molecule has 0 spiro atoms. The standard InChI is InChI=1S/C13H21NS/c1-2-4-6-13(5-3-1)14-9-7-12-8-10-15-11-12/h8,10-11,13-14H,1-7,9H2. The molecule has 1 aromatic heterocycles. The second-order valence-corrected chi connectivity index (χ2v) is 5.30. The highest BCUT2D eigenvalue weighted by atomic mass is 32.1. The molecular weight excluding hydrogens is 202 g/mol. The summed E-state index contributed by atoms with van der Waals surface area (Å²) in [6, 6.07) is 3.03. The molecule has 0 amide bonds. The van der Waals surface area contributed by atoms with Gasteiger partial charge in [0.05, 0.1) is 0 Å². The third kappa shape index (κ3) is 3.96. The van der Waals surface area contributed by atoms with Gasteiger partial charge in [0.1, 0.15) is 0 Å². The van der Waals surface area contributed by atoms with Crippen LogP contribution in [0.5, 0.6) is 0 Å². The van der Waals surface area contributed by atoms with E-state index in [1.807, 2.05) is 0 Å². The van der Waals surface area contributed by atoms with E-state index in [1.165, 1.54) is 50.5 Å². The molecule has 0 bridgehead atoms. The molecule has 1 saturated carbocycles. The fourth-order valence-corrected chi connectivity index (χ4v) is 3.04. The summed E-state index contributed by atoms with van der Waals surface area (Å²) >= 11 is 1.80. The molecule has 84 valence electrons. The SMILES string of the molecule is c1cc(CCNC2CCCCCC2)cs1. The average Bonchev–Trinajstić information content (AvgIpc) is 2.62. The molecule has 0 unspecified atom stereocenters. The number of nitrogens with one attached hydrogen (secondary N) is 1. The Kier molecular flexibility index (Phi) is 4.68. The number of rotatable bonds is 4. The predicted octanol–water partition coefficient (Wildman–Crippen LogP) is 3.60. The van der Waals surface area contributed by atoms with Crippen molar-refractivity contribution in [1.82, 2.24) is 5.32 Å². The van der Waals surface area contributed by atoms with Crippen LogP contribution < -0.4 is 5.32 Å². The van der Waals surface area contributed by atoms with E-state index in [0.29, 0.717) is 0 Å². The number of hydrogen-bond acceptors (Lipinski definition) is 2. The highest BCUT2D eigenvalue weighted by Crippen LogP contribution is 2.17. The Hall–Kier alpha value is -0.340. The van der Waals surface area contributed by atoms with Gasteiger partial charge in [-0.2, -0.15) is 11.3 Å². The quantitative estimate of drug-likeness (QED) is 0.769. The van der Waals surface area contributed by atoms with Crippen molar-refractivity contribution in [3.05, 3.63) is 22.4 Å². The van der Waals surface area contributed by atoms with Crippen LogP contribution in [0.4, 0.5) is 0 Å². The molecule has 0 aliphatic heterocycles. The molecule has 0 saturated heterocycles. The minimum Gasteiger partial charge on any atom is -0.314 e. The monoisotopic (exact) mass is 223 g/mol. The van der Waals surface area contributed by atoms with Crippen molar-refractivity contribution in [3.8, 4) is 0 Å². The van der Waals surface area contributed by atoms with E-state index in [9.17, 15) is 0 Å². The predicted molar refractivity (Wildman–Crippen MR) is 67.5 cm³/mol. The Morgan fingerprint density at radius 1 is 1.20 bits per heavy atom. The van der Waals surface area contributed by atoms with Crippen molar-refractivity contribution in [3.63, 3.8) is 0 Å². The summed E-state index contributed by atoms with van der Waals surface area (Å²) in [6.07, 6.45) is 9.73. The number of hydrogen-bond donors (Lipinski definition) is 1. The average molecular weight is 223 g/mol. The maximum Gasteiger partial charge on any atom is 0.00671 e. The smallest absolute Gasteiger partial charge is 0.00671 e. The molecule has 0 radical (unpaired) electrons. The van der Waals surface area contributed by atoms with Gasteiger partial charge in [0.2, 0.25) is 0 Å². The first-order valence-corrected chi connectivity index (χ1v) is 7.14. The lowest BCUT2D eigenvalue weighted by Crippen LogP contribution is -2.30. The van der Waals surface area contributed by atoms with Crippen LogP contribution in [-0.2, 0) is 6.42 Å². The zero-order valence-electron chi connectivity index (χ0n) is 9.37. The minimum absolute atomic E-state index is 0.797. The van der Waals surface area contributed by atoms with Crippen molar-refractivity contribution < 1.29 is 0 Å². The summed E-state index contributed by atoms with van der Waals surface area (Å²) < 4.78 is 0. The Balaban J connectivity index is 1.64. The topological polar surface area (TPSA) is 12.0 Å². The van der Waals surface area contributed by atoms with Gasteiger partial charge in [0, 0.05) is 6.04 Å². The highest BCUT2D eigenvalue weighted by molar-refractivity contribution is 7.07. The minimum atomic E-state index is 0.797. The van der Waals surface area contributed by atoms with Crippen LogP contribution in [0.25, 0.3) is 0 Å². The Morgan fingerprint density at radius 3 is 2.67 bits per heavy atom. The van der Waals surface area contributed by atoms with Gasteiger partial charge < -0.3 is 5.32 Å². The largest absolute Gasteiger partial charge is 0.314 e. The third-order valence-corrected chi connectivity index (χ3v) is 4.01. The summed E-state index contributed by atoms with van der Waals surface area (Å²) in [6.45, 7) is 1.15. The van der Waals surface area contributed by atoms with Crippen molar-refractivity contribution in [2.24, 2.45) is 0 Å². The normalized spacial score (nSPS) is 18.9. The van der Waals surface area contributed by atoms with Crippen LogP contribution >= 0.6 is 11.3 Å². The lowest BCUT2D eigenvalue weighted by molar-refractivity contribution is 0.463. The molecule has 0 atom stereocenters. The zero-order chi connectivity index (χ0) is 10.3. The van der Waals surface area contributed by atoms with Crippen molar-refractivity contribution in [2.45, 2.75) is 51.0 Å². The lowest BCUT2D eigenvalue weighted by Gasteiger charge is -2.15. The van der Waals surface area contributed by atoms with Gasteiger partial charge in [-0.15, -0.1) is 0 Å². The van der Waals surface area contributed by atoms with Crippen molar-refractivity contribution in [1.29, 1.82) is 0 Å². The fraction of sp³-hybridized carbons (Fsp3) is 0.692. The molecule has 1 fully saturated rings. The van der Waals surface area contributed by atoms with Crippen LogP contribution in [0, 0.1) is 0 Å². The molecule has 1 nitrogen and oxygen atoms in total. The Labute approximate surface area is 96.9 Å². The summed E-state index contributed by atoms with van der Waals surface area (Å²) in [5.41, 5.74) is 1.49. The van der Waals surface area contributed by atoms with E-state index in [4.69, 9.17) is 0 Å². The first-order chi connectivity index (χ1) is 7.45. The van der Waals surface area contributed by atoms with Crippen molar-refractivity contribution >= 4 is 11.3 Å². The van der Waals surface area contributed by atoms with Crippen LogP contribution in [0.3, 0.4) is 0 Å². The molecule has 0 aromatic carbocycles.